The summed E-state index contributed by atoms with van der Waals surface area (Å²) in [6.07, 6.45) is -3.05. The number of benzene rings is 2. The van der Waals surface area contributed by atoms with Gasteiger partial charge in [-0.1, -0.05) is 30.0 Å². The molecule has 0 atom stereocenters. The number of amides is 1. The number of carbonyl (C=O) groups excluding carboxylic acids is 1. The topological polar surface area (TPSA) is 64.1 Å². The van der Waals surface area contributed by atoms with Gasteiger partial charge >= 0.3 is 6.18 Å². The van der Waals surface area contributed by atoms with Crippen LogP contribution in [0.1, 0.15) is 16.1 Å². The van der Waals surface area contributed by atoms with Gasteiger partial charge in [-0.2, -0.15) is 13.2 Å². The molecule has 0 aliphatic rings. The second kappa shape index (κ2) is 8.39. The first-order chi connectivity index (χ1) is 13.4. The number of para-hydroxylation sites is 2. The molecule has 0 spiro atoms. The molecular formula is C20H14F3N3O2. The molecule has 3 rings (SSSR count). The van der Waals surface area contributed by atoms with Crippen molar-refractivity contribution in [1.29, 1.82) is 0 Å². The average molecular weight is 385 g/mol. The second-order valence-corrected chi connectivity index (χ2v) is 5.59. The quantitative estimate of drug-likeness (QED) is 0.699. The van der Waals surface area contributed by atoms with Crippen LogP contribution in [0.2, 0.25) is 0 Å². The van der Waals surface area contributed by atoms with Crippen LogP contribution in [0.3, 0.4) is 0 Å². The molecule has 1 heterocycles. The minimum atomic E-state index is -4.43. The summed E-state index contributed by atoms with van der Waals surface area (Å²) >= 11 is 0. The molecule has 1 amide bonds. The minimum Gasteiger partial charge on any atom is -0.481 e. The fourth-order valence-corrected chi connectivity index (χ4v) is 2.28. The zero-order chi connectivity index (χ0) is 20.0. The Morgan fingerprint density at radius 1 is 1.07 bits per heavy atom. The van der Waals surface area contributed by atoms with E-state index in [0.29, 0.717) is 11.0 Å². The summed E-state index contributed by atoms with van der Waals surface area (Å²) in [5.41, 5.74) is 0.670. The van der Waals surface area contributed by atoms with Crippen molar-refractivity contribution in [2.45, 2.75) is 6.18 Å². The van der Waals surface area contributed by atoms with E-state index in [9.17, 15) is 18.0 Å². The van der Waals surface area contributed by atoms with Crippen molar-refractivity contribution in [3.05, 3.63) is 66.0 Å². The van der Waals surface area contributed by atoms with Crippen LogP contribution in [0.15, 0.2) is 54.7 Å². The Balaban J connectivity index is 1.49. The molecule has 5 nitrogen and oxygen atoms in total. The van der Waals surface area contributed by atoms with Gasteiger partial charge in [0.1, 0.15) is 18.1 Å². The molecule has 0 aliphatic heterocycles. The fourth-order valence-electron chi connectivity index (χ4n) is 2.28. The highest BCUT2D eigenvalue weighted by molar-refractivity contribution is 5.93. The molecule has 0 fully saturated rings. The summed E-state index contributed by atoms with van der Waals surface area (Å²) in [5.74, 6) is 4.93. The van der Waals surface area contributed by atoms with Gasteiger partial charge in [-0.05, 0) is 30.3 Å². The van der Waals surface area contributed by atoms with E-state index in [-0.39, 0.29) is 24.6 Å². The molecule has 8 heteroatoms. The van der Waals surface area contributed by atoms with Crippen LogP contribution in [0.25, 0.3) is 11.0 Å². The van der Waals surface area contributed by atoms with Gasteiger partial charge in [0.2, 0.25) is 0 Å². The van der Waals surface area contributed by atoms with Gasteiger partial charge in [-0.25, -0.2) is 4.98 Å². The predicted molar refractivity (Wildman–Crippen MR) is 96.6 cm³/mol. The van der Waals surface area contributed by atoms with Crippen molar-refractivity contribution in [2.24, 2.45) is 0 Å². The molecular weight excluding hydrogens is 371 g/mol. The van der Waals surface area contributed by atoms with Crippen LogP contribution in [0.4, 0.5) is 13.2 Å². The third-order valence-corrected chi connectivity index (χ3v) is 3.62. The van der Waals surface area contributed by atoms with Gasteiger partial charge in [-0.15, -0.1) is 0 Å². The van der Waals surface area contributed by atoms with Crippen LogP contribution >= 0.6 is 0 Å². The Morgan fingerprint density at radius 2 is 1.86 bits per heavy atom. The molecule has 0 saturated carbocycles. The Kier molecular flexibility index (Phi) is 5.75. The summed E-state index contributed by atoms with van der Waals surface area (Å²) < 4.78 is 43.0. The smallest absolute Gasteiger partial charge is 0.416 e. The minimum absolute atomic E-state index is 0.0410. The first kappa shape index (κ1) is 19.2. The normalized spacial score (nSPS) is 10.8. The van der Waals surface area contributed by atoms with Crippen molar-refractivity contribution < 1.29 is 22.7 Å². The summed E-state index contributed by atoms with van der Waals surface area (Å²) in [6.45, 7) is -0.0632. The van der Waals surface area contributed by atoms with E-state index >= 15 is 0 Å². The van der Waals surface area contributed by atoms with E-state index < -0.39 is 17.6 Å². The van der Waals surface area contributed by atoms with E-state index in [0.717, 1.165) is 12.1 Å². The number of fused-ring (bicyclic) bond motifs is 1. The van der Waals surface area contributed by atoms with Gasteiger partial charge in [0.25, 0.3) is 5.91 Å². The van der Waals surface area contributed by atoms with E-state index in [1.165, 1.54) is 18.3 Å². The number of aromatic nitrogens is 2. The lowest BCUT2D eigenvalue weighted by atomic mass is 10.2. The van der Waals surface area contributed by atoms with Crippen molar-refractivity contribution in [1.82, 2.24) is 15.3 Å². The summed E-state index contributed by atoms with van der Waals surface area (Å²) in [7, 11) is 0. The lowest BCUT2D eigenvalue weighted by molar-refractivity contribution is -0.137. The molecule has 0 radical (unpaired) electrons. The third kappa shape index (κ3) is 4.98. The summed E-state index contributed by atoms with van der Waals surface area (Å²) in [6, 6.07) is 11.7. The number of carbonyl (C=O) groups is 1. The number of rotatable bonds is 4. The highest BCUT2D eigenvalue weighted by Gasteiger charge is 2.30. The molecule has 1 aromatic heterocycles. The molecule has 0 bridgehead atoms. The number of nitrogens with zero attached hydrogens (tertiary/aromatic N) is 2. The van der Waals surface area contributed by atoms with Crippen LogP contribution < -0.4 is 10.1 Å². The SMILES string of the molecule is O=C(NCC#CCOc1cccc(C(F)(F)F)c1)c1cnc2ccccc2n1. The maximum atomic E-state index is 12.6. The summed E-state index contributed by atoms with van der Waals surface area (Å²) in [5, 5.41) is 2.57. The summed E-state index contributed by atoms with van der Waals surface area (Å²) in [4.78, 5) is 20.4. The molecule has 2 aromatic carbocycles. The fraction of sp³-hybridized carbons (Fsp3) is 0.150. The van der Waals surface area contributed by atoms with Crippen LogP contribution in [0, 0.1) is 11.8 Å². The predicted octanol–water partition coefficient (Wildman–Crippen LogP) is 3.46. The Labute approximate surface area is 158 Å². The maximum Gasteiger partial charge on any atom is 0.416 e. The molecule has 0 unspecified atom stereocenters. The first-order valence-electron chi connectivity index (χ1n) is 8.19. The molecule has 1 N–H and O–H groups in total. The molecule has 0 saturated heterocycles. The van der Waals surface area contributed by atoms with Crippen LogP contribution in [0.5, 0.6) is 5.75 Å². The Bertz CT molecular complexity index is 1060. The first-order valence-corrected chi connectivity index (χ1v) is 8.19. The number of nitrogens with one attached hydrogen (secondary N) is 1. The monoisotopic (exact) mass is 385 g/mol. The van der Waals surface area contributed by atoms with Crippen LogP contribution in [-0.2, 0) is 6.18 Å². The maximum absolute atomic E-state index is 12.6. The largest absolute Gasteiger partial charge is 0.481 e. The van der Waals surface area contributed by atoms with E-state index in [1.807, 2.05) is 6.07 Å². The van der Waals surface area contributed by atoms with E-state index in [4.69, 9.17) is 4.74 Å². The zero-order valence-electron chi connectivity index (χ0n) is 14.5. The van der Waals surface area contributed by atoms with E-state index in [1.54, 1.807) is 18.2 Å². The number of halogens is 3. The number of ether oxygens (including phenoxy) is 1. The van der Waals surface area contributed by atoms with Gasteiger partial charge in [0.05, 0.1) is 29.3 Å². The van der Waals surface area contributed by atoms with E-state index in [2.05, 4.69) is 27.1 Å². The molecule has 142 valence electrons. The van der Waals surface area contributed by atoms with Crippen LogP contribution in [-0.4, -0.2) is 29.0 Å². The van der Waals surface area contributed by atoms with Crippen molar-refractivity contribution in [3.63, 3.8) is 0 Å². The lowest BCUT2D eigenvalue weighted by Gasteiger charge is -2.08. The number of alkyl halides is 3. The van der Waals surface area contributed by atoms with Gasteiger partial charge in [0, 0.05) is 0 Å². The number of hydrogen-bond acceptors (Lipinski definition) is 4. The van der Waals surface area contributed by atoms with Crippen molar-refractivity contribution >= 4 is 16.9 Å². The standard InChI is InChI=1S/C20H14F3N3O2/c21-20(22,23)14-6-5-7-15(12-14)28-11-4-3-10-24-19(27)18-13-25-16-8-1-2-9-17(16)26-18/h1-2,5-9,12-13H,10-11H2,(H,24,27). The highest BCUT2D eigenvalue weighted by atomic mass is 19.4. The van der Waals surface area contributed by atoms with Crippen molar-refractivity contribution in [3.8, 4) is 17.6 Å². The Hall–Kier alpha value is -3.60. The average Bonchev–Trinajstić information content (AvgIpc) is 2.69. The van der Waals surface area contributed by atoms with Gasteiger partial charge in [-0.3, -0.25) is 9.78 Å². The molecule has 28 heavy (non-hydrogen) atoms. The van der Waals surface area contributed by atoms with Crippen molar-refractivity contribution in [2.75, 3.05) is 13.2 Å². The van der Waals surface area contributed by atoms with Gasteiger partial charge in [0.15, 0.2) is 0 Å². The zero-order valence-corrected chi connectivity index (χ0v) is 14.5. The Morgan fingerprint density at radius 3 is 2.64 bits per heavy atom. The number of hydrogen-bond donors (Lipinski definition) is 1. The highest BCUT2D eigenvalue weighted by Crippen LogP contribution is 2.31. The van der Waals surface area contributed by atoms with Gasteiger partial charge < -0.3 is 10.1 Å². The molecule has 3 aromatic rings. The third-order valence-electron chi connectivity index (χ3n) is 3.62. The lowest BCUT2D eigenvalue weighted by Crippen LogP contribution is -2.24. The second-order valence-electron chi connectivity index (χ2n) is 5.59. The molecule has 0 aliphatic carbocycles.